The van der Waals surface area contributed by atoms with Gasteiger partial charge in [-0.2, -0.15) is 4.98 Å². The van der Waals surface area contributed by atoms with E-state index in [-0.39, 0.29) is 11.7 Å². The molecule has 2 aromatic heterocycles. The van der Waals surface area contributed by atoms with Crippen LogP contribution in [-0.4, -0.2) is 63.1 Å². The maximum atomic E-state index is 12.7. The van der Waals surface area contributed by atoms with Gasteiger partial charge in [0.05, 0.1) is 0 Å². The Morgan fingerprint density at radius 3 is 2.66 bits per heavy atom. The van der Waals surface area contributed by atoms with Crippen LogP contribution < -0.4 is 4.90 Å². The molecule has 154 valence electrons. The third kappa shape index (κ3) is 4.34. The number of H-pyrrole nitrogens is 2. The fraction of sp³-hybridized carbons (Fsp3) is 0.500. The fourth-order valence-electron chi connectivity index (χ4n) is 4.12. The van der Waals surface area contributed by atoms with Gasteiger partial charge in [-0.3, -0.25) is 14.8 Å². The van der Waals surface area contributed by atoms with Crippen LogP contribution in [0.5, 0.6) is 0 Å². The summed E-state index contributed by atoms with van der Waals surface area (Å²) in [5.74, 6) is 1.26. The third-order valence-corrected chi connectivity index (χ3v) is 5.84. The molecule has 0 amide bonds. The van der Waals surface area contributed by atoms with Crippen molar-refractivity contribution in [3.63, 3.8) is 0 Å². The highest BCUT2D eigenvalue weighted by Gasteiger charge is 2.23. The van der Waals surface area contributed by atoms with Crippen LogP contribution in [0, 0.1) is 5.92 Å². The van der Waals surface area contributed by atoms with E-state index in [0.717, 1.165) is 38.1 Å². The van der Waals surface area contributed by atoms with Crippen molar-refractivity contribution in [2.45, 2.75) is 39.7 Å². The Labute approximate surface area is 171 Å². The van der Waals surface area contributed by atoms with Crippen molar-refractivity contribution in [1.82, 2.24) is 25.1 Å². The zero-order chi connectivity index (χ0) is 20.4. The number of hydrogen-bond donors (Lipinski definition) is 2. The molecule has 7 nitrogen and oxygen atoms in total. The van der Waals surface area contributed by atoms with Gasteiger partial charge >= 0.3 is 0 Å². The number of carbonyl (C=O) groups is 1. The number of piperazine rings is 1. The second-order valence-electron chi connectivity index (χ2n) is 8.40. The van der Waals surface area contributed by atoms with Gasteiger partial charge in [-0.05, 0) is 37.8 Å². The summed E-state index contributed by atoms with van der Waals surface area (Å²) in [7, 11) is 0. The van der Waals surface area contributed by atoms with Crippen molar-refractivity contribution in [3.05, 3.63) is 41.9 Å². The number of ketones is 1. The number of aromatic amines is 2. The van der Waals surface area contributed by atoms with Gasteiger partial charge in [0.1, 0.15) is 0 Å². The van der Waals surface area contributed by atoms with Gasteiger partial charge in [-0.25, -0.2) is 0 Å². The number of carbonyl (C=O) groups excluding carboxylic acids is 1. The molecule has 4 rings (SSSR count). The lowest BCUT2D eigenvalue weighted by Crippen LogP contribution is -2.49. The van der Waals surface area contributed by atoms with E-state index in [1.165, 1.54) is 10.9 Å². The van der Waals surface area contributed by atoms with Crippen LogP contribution in [0.15, 0.2) is 30.5 Å². The highest BCUT2D eigenvalue weighted by molar-refractivity contribution is 5.93. The Morgan fingerprint density at radius 2 is 1.90 bits per heavy atom. The molecule has 1 aliphatic rings. The molecule has 0 saturated carbocycles. The summed E-state index contributed by atoms with van der Waals surface area (Å²) in [5.41, 5.74) is 2.39. The van der Waals surface area contributed by atoms with E-state index in [9.17, 15) is 4.79 Å². The van der Waals surface area contributed by atoms with Crippen molar-refractivity contribution in [2.24, 2.45) is 5.92 Å². The molecule has 1 fully saturated rings. The number of para-hydroxylation sites is 1. The van der Waals surface area contributed by atoms with Crippen molar-refractivity contribution in [3.8, 4) is 0 Å². The summed E-state index contributed by atoms with van der Waals surface area (Å²) in [5, 5.41) is 8.39. The average Bonchev–Trinajstić information content (AvgIpc) is 3.36. The minimum atomic E-state index is 0.0249. The highest BCUT2D eigenvalue weighted by Crippen LogP contribution is 2.22. The first kappa shape index (κ1) is 19.6. The first-order chi connectivity index (χ1) is 14.0. The number of fused-ring (bicyclic) bond motifs is 1. The molecular weight excluding hydrogens is 364 g/mol. The van der Waals surface area contributed by atoms with Crippen LogP contribution in [0.1, 0.15) is 43.4 Å². The first-order valence-electron chi connectivity index (χ1n) is 10.5. The van der Waals surface area contributed by atoms with Crippen molar-refractivity contribution in [1.29, 1.82) is 0 Å². The van der Waals surface area contributed by atoms with Gasteiger partial charge in [-0.15, -0.1) is 5.10 Å². The minimum Gasteiger partial charge on any atom is -0.361 e. The lowest BCUT2D eigenvalue weighted by atomic mass is 9.95. The van der Waals surface area contributed by atoms with E-state index in [2.05, 4.69) is 69.1 Å². The molecule has 3 aromatic rings. The van der Waals surface area contributed by atoms with Crippen LogP contribution in [0.2, 0.25) is 0 Å². The predicted molar refractivity (Wildman–Crippen MR) is 115 cm³/mol. The average molecular weight is 395 g/mol. The number of benzene rings is 1. The molecule has 0 spiro atoms. The van der Waals surface area contributed by atoms with Gasteiger partial charge in [0.15, 0.2) is 11.6 Å². The van der Waals surface area contributed by atoms with E-state index in [1.807, 2.05) is 12.1 Å². The quantitative estimate of drug-likeness (QED) is 0.601. The lowest BCUT2D eigenvalue weighted by molar-refractivity contribution is 0.0955. The van der Waals surface area contributed by atoms with E-state index >= 15 is 0 Å². The van der Waals surface area contributed by atoms with Crippen LogP contribution >= 0.6 is 0 Å². The van der Waals surface area contributed by atoms with Gasteiger partial charge in [0.25, 0.3) is 0 Å². The largest absolute Gasteiger partial charge is 0.361 e. The molecule has 1 unspecified atom stereocenters. The van der Waals surface area contributed by atoms with E-state index in [4.69, 9.17) is 0 Å². The number of nitrogens with one attached hydrogen (secondary N) is 2. The summed E-state index contributed by atoms with van der Waals surface area (Å²) >= 11 is 0. The lowest BCUT2D eigenvalue weighted by Gasteiger charge is -2.36. The highest BCUT2D eigenvalue weighted by atomic mass is 16.1. The number of nitrogens with zero attached hydrogens (tertiary/aromatic N) is 4. The Kier molecular flexibility index (Phi) is 5.67. The van der Waals surface area contributed by atoms with E-state index < -0.39 is 0 Å². The van der Waals surface area contributed by atoms with Gasteiger partial charge in [0, 0.05) is 55.7 Å². The van der Waals surface area contributed by atoms with Gasteiger partial charge < -0.3 is 9.88 Å². The van der Waals surface area contributed by atoms with Crippen molar-refractivity contribution in [2.75, 3.05) is 31.1 Å². The topological polar surface area (TPSA) is 80.9 Å². The number of hydrogen-bond acceptors (Lipinski definition) is 5. The van der Waals surface area contributed by atoms with Gasteiger partial charge in [0.2, 0.25) is 5.95 Å². The molecule has 7 heteroatoms. The molecule has 0 radical (unpaired) electrons. The molecule has 29 heavy (non-hydrogen) atoms. The second kappa shape index (κ2) is 8.37. The van der Waals surface area contributed by atoms with Crippen LogP contribution in [-0.2, 0) is 6.42 Å². The summed E-state index contributed by atoms with van der Waals surface area (Å²) in [6, 6.07) is 8.83. The molecule has 0 bridgehead atoms. The Balaban J connectivity index is 1.34. The summed E-state index contributed by atoms with van der Waals surface area (Å²) < 4.78 is 0. The Morgan fingerprint density at radius 1 is 1.14 bits per heavy atom. The maximum absolute atomic E-state index is 12.7. The van der Waals surface area contributed by atoms with E-state index in [0.29, 0.717) is 24.2 Å². The second-order valence-corrected chi connectivity index (χ2v) is 8.40. The Hall–Kier alpha value is -2.67. The number of anilines is 1. The normalized spacial score (nSPS) is 16.6. The molecule has 1 aliphatic heterocycles. The summed E-state index contributed by atoms with van der Waals surface area (Å²) in [6.45, 7) is 10.3. The van der Waals surface area contributed by atoms with Crippen molar-refractivity contribution >= 4 is 22.6 Å². The SMILES string of the molecule is CC(CC(=O)c1nc(N2CCN(C(C)C)CC2)n[nH]1)Cc1c[nH]c2ccccc12. The fourth-order valence-corrected chi connectivity index (χ4v) is 4.12. The zero-order valence-electron chi connectivity index (χ0n) is 17.5. The van der Waals surface area contributed by atoms with Crippen LogP contribution in [0.3, 0.4) is 0 Å². The molecular formula is C22H30N6O. The molecule has 2 N–H and O–H groups in total. The number of rotatable bonds is 7. The summed E-state index contributed by atoms with van der Waals surface area (Å²) in [4.78, 5) is 25.1. The third-order valence-electron chi connectivity index (χ3n) is 5.84. The Bertz CT molecular complexity index is 967. The maximum Gasteiger partial charge on any atom is 0.245 e. The first-order valence-corrected chi connectivity index (χ1v) is 10.5. The molecule has 1 saturated heterocycles. The standard InChI is InChI=1S/C22H30N6O/c1-15(2)27-8-10-28(11-9-27)22-24-21(25-26-22)20(29)13-16(3)12-17-14-23-19-7-5-4-6-18(17)19/h4-7,14-16,23H,8-13H2,1-3H3,(H,24,25,26). The number of aromatic nitrogens is 4. The molecule has 0 aliphatic carbocycles. The zero-order valence-corrected chi connectivity index (χ0v) is 17.5. The van der Waals surface area contributed by atoms with Crippen LogP contribution in [0.25, 0.3) is 10.9 Å². The monoisotopic (exact) mass is 394 g/mol. The smallest absolute Gasteiger partial charge is 0.245 e. The molecule has 3 heterocycles. The van der Waals surface area contributed by atoms with Crippen LogP contribution in [0.4, 0.5) is 5.95 Å². The van der Waals surface area contributed by atoms with E-state index in [1.54, 1.807) is 0 Å². The van der Waals surface area contributed by atoms with Crippen molar-refractivity contribution < 1.29 is 4.79 Å². The predicted octanol–water partition coefficient (Wildman–Crippen LogP) is 3.27. The molecule has 1 atom stereocenters. The summed E-state index contributed by atoms with van der Waals surface area (Å²) in [6.07, 6.45) is 3.36. The molecule has 1 aromatic carbocycles. The number of Topliss-reactive ketones (excluding diaryl/α,β-unsaturated/α-hetero) is 1. The van der Waals surface area contributed by atoms with Gasteiger partial charge in [-0.1, -0.05) is 25.1 Å². The minimum absolute atomic E-state index is 0.0249.